The van der Waals surface area contributed by atoms with Gasteiger partial charge in [-0.3, -0.25) is 0 Å². The van der Waals surface area contributed by atoms with Crippen molar-refractivity contribution < 1.29 is 0 Å². The van der Waals surface area contributed by atoms with Crippen LogP contribution in [0.4, 0.5) is 0 Å². The second kappa shape index (κ2) is 4.40. The Balaban J connectivity index is 3.45. The van der Waals surface area contributed by atoms with Crippen LogP contribution in [0.15, 0.2) is 6.07 Å². The molecular weight excluding hydrogens is 243 g/mol. The van der Waals surface area contributed by atoms with E-state index in [-0.39, 0.29) is 0 Å². The second-order valence-electron chi connectivity index (χ2n) is 6.82. The summed E-state index contributed by atoms with van der Waals surface area (Å²) in [5.41, 5.74) is 3.08. The Bertz CT molecular complexity index is 362. The van der Waals surface area contributed by atoms with E-state index in [0.29, 0.717) is 0 Å². The maximum absolute atomic E-state index is 2.47. The Morgan fingerprint density at radius 1 is 0.750 bits per heavy atom. The third kappa shape index (κ3) is 3.06. The fourth-order valence-corrected chi connectivity index (χ4v) is 9.17. The van der Waals surface area contributed by atoms with Crippen LogP contribution in [0.25, 0.3) is 0 Å². The summed E-state index contributed by atoms with van der Waals surface area (Å²) in [6.45, 7) is 19.4. The first-order valence-electron chi connectivity index (χ1n) is 6.02. The third-order valence-electron chi connectivity index (χ3n) is 2.82. The molecule has 1 aromatic rings. The first kappa shape index (κ1) is 14.1. The van der Waals surface area contributed by atoms with E-state index >= 15 is 0 Å². The zero-order valence-electron chi connectivity index (χ0n) is 12.0. The summed E-state index contributed by atoms with van der Waals surface area (Å²) >= 11 is 0. The average molecular weight is 268 g/mol. The summed E-state index contributed by atoms with van der Waals surface area (Å²) in [7, 11) is -0.735. The summed E-state index contributed by atoms with van der Waals surface area (Å²) in [6.07, 6.45) is 0. The van der Waals surface area contributed by atoms with Gasteiger partial charge in [0, 0.05) is 0 Å². The second-order valence-corrected chi connectivity index (χ2v) is 18.8. The van der Waals surface area contributed by atoms with E-state index in [2.05, 4.69) is 59.2 Å². The summed E-state index contributed by atoms with van der Waals surface area (Å²) < 4.78 is 0. The minimum atomic E-state index is -1.15. The van der Waals surface area contributed by atoms with Crippen molar-refractivity contribution in [3.05, 3.63) is 17.2 Å². The summed E-state index contributed by atoms with van der Waals surface area (Å²) in [5.74, 6) is 0. The maximum atomic E-state index is 2.47. The molecular formula is C13H25PSi2. The van der Waals surface area contributed by atoms with Crippen molar-refractivity contribution in [1.82, 2.24) is 0 Å². The molecule has 0 radical (unpaired) electrons. The predicted molar refractivity (Wildman–Crippen MR) is 84.4 cm³/mol. The van der Waals surface area contributed by atoms with Gasteiger partial charge in [-0.1, -0.05) is 53.5 Å². The summed E-state index contributed by atoms with van der Waals surface area (Å²) in [6, 6.07) is 2.43. The summed E-state index contributed by atoms with van der Waals surface area (Å²) in [5, 5.41) is 0. The largest absolute Gasteiger partial charge is 0.0838 e. The zero-order valence-corrected chi connectivity index (χ0v) is 14.9. The summed E-state index contributed by atoms with van der Waals surface area (Å²) in [4.78, 5) is 3.49. The van der Waals surface area contributed by atoms with E-state index in [9.17, 15) is 0 Å². The van der Waals surface area contributed by atoms with Crippen LogP contribution in [0.5, 0.6) is 0 Å². The standard InChI is InChI=1S/C13H25PSi2/c1-10-9-11(2)13(16(6,7)8)14-12(10)15(3,4)5/h9H,1-8H3. The lowest BCUT2D eigenvalue weighted by Gasteiger charge is -2.25. The average Bonchev–Trinajstić information content (AvgIpc) is 1.97. The third-order valence-corrected chi connectivity index (χ3v) is 12.3. The molecule has 0 bridgehead atoms. The van der Waals surface area contributed by atoms with Crippen LogP contribution in [0.1, 0.15) is 11.1 Å². The molecule has 0 atom stereocenters. The molecule has 0 saturated heterocycles. The predicted octanol–water partition coefficient (Wildman–Crippen LogP) is 3.97. The molecule has 90 valence electrons. The molecule has 0 aromatic carbocycles. The highest BCUT2D eigenvalue weighted by Gasteiger charge is 2.25. The minimum Gasteiger partial charge on any atom is -0.0779 e. The van der Waals surface area contributed by atoms with Crippen LogP contribution >= 0.6 is 8.19 Å². The number of hydrogen-bond acceptors (Lipinski definition) is 0. The van der Waals surface area contributed by atoms with Gasteiger partial charge in [0.1, 0.15) is 0 Å². The van der Waals surface area contributed by atoms with E-state index in [0.717, 1.165) is 0 Å². The van der Waals surface area contributed by atoms with Crippen LogP contribution in [-0.2, 0) is 0 Å². The van der Waals surface area contributed by atoms with Gasteiger partial charge in [-0.2, -0.15) is 0 Å². The van der Waals surface area contributed by atoms with E-state index < -0.39 is 16.1 Å². The van der Waals surface area contributed by atoms with Crippen LogP contribution in [0.3, 0.4) is 0 Å². The maximum Gasteiger partial charge on any atom is 0.0838 e. The molecule has 0 aliphatic rings. The fraction of sp³-hybridized carbons (Fsp3) is 0.615. The molecule has 3 heteroatoms. The molecule has 0 N–H and O–H groups in total. The molecule has 0 nitrogen and oxygen atoms in total. The Kier molecular flexibility index (Phi) is 3.89. The topological polar surface area (TPSA) is 0 Å². The lowest BCUT2D eigenvalue weighted by molar-refractivity contribution is 1.45. The Morgan fingerprint density at radius 2 is 1.06 bits per heavy atom. The Hall–Kier alpha value is 0.0838. The Morgan fingerprint density at radius 3 is 1.31 bits per heavy atom. The van der Waals surface area contributed by atoms with Gasteiger partial charge in [-0.05, 0) is 34.8 Å². The van der Waals surface area contributed by atoms with Gasteiger partial charge >= 0.3 is 0 Å². The van der Waals surface area contributed by atoms with Gasteiger partial charge < -0.3 is 0 Å². The molecule has 1 heterocycles. The quantitative estimate of drug-likeness (QED) is 0.712. The van der Waals surface area contributed by atoms with Gasteiger partial charge in [0.2, 0.25) is 0 Å². The fourth-order valence-electron chi connectivity index (χ4n) is 2.27. The van der Waals surface area contributed by atoms with Crippen molar-refractivity contribution in [1.29, 1.82) is 0 Å². The van der Waals surface area contributed by atoms with Gasteiger partial charge in [0.15, 0.2) is 0 Å². The van der Waals surface area contributed by atoms with Gasteiger partial charge in [-0.15, -0.1) is 0 Å². The molecule has 0 fully saturated rings. The first-order valence-corrected chi connectivity index (χ1v) is 13.9. The van der Waals surface area contributed by atoms with E-state index in [1.54, 1.807) is 29.2 Å². The monoisotopic (exact) mass is 268 g/mol. The van der Waals surface area contributed by atoms with Crippen molar-refractivity contribution in [2.24, 2.45) is 0 Å². The molecule has 0 aliphatic heterocycles. The van der Waals surface area contributed by atoms with Crippen molar-refractivity contribution in [3.63, 3.8) is 0 Å². The highest BCUT2D eigenvalue weighted by molar-refractivity contribution is 7.49. The first-order chi connectivity index (χ1) is 7.03. The van der Waals surface area contributed by atoms with Crippen LogP contribution < -0.4 is 9.84 Å². The molecule has 16 heavy (non-hydrogen) atoms. The molecule has 1 rings (SSSR count). The lowest BCUT2D eigenvalue weighted by Crippen LogP contribution is -2.43. The zero-order chi connectivity index (χ0) is 12.7. The highest BCUT2D eigenvalue weighted by Crippen LogP contribution is 2.19. The number of hydrogen-bond donors (Lipinski definition) is 0. The van der Waals surface area contributed by atoms with Crippen molar-refractivity contribution >= 4 is 34.2 Å². The smallest absolute Gasteiger partial charge is 0.0779 e. The van der Waals surface area contributed by atoms with Gasteiger partial charge in [-0.25, -0.2) is 0 Å². The van der Waals surface area contributed by atoms with Crippen molar-refractivity contribution in [3.8, 4) is 0 Å². The molecule has 0 amide bonds. The van der Waals surface area contributed by atoms with Crippen LogP contribution in [-0.4, -0.2) is 16.1 Å². The van der Waals surface area contributed by atoms with Crippen molar-refractivity contribution in [2.75, 3.05) is 0 Å². The Labute approximate surface area is 105 Å². The van der Waals surface area contributed by atoms with Crippen LogP contribution in [0, 0.1) is 13.8 Å². The SMILES string of the molecule is Cc1cc(C)c([Si](C)(C)C)pc1[Si](C)(C)C. The van der Waals surface area contributed by atoms with E-state index in [1.807, 2.05) is 0 Å². The minimum absolute atomic E-state index is 1.15. The van der Waals surface area contributed by atoms with Gasteiger partial charge in [0.05, 0.1) is 16.1 Å². The van der Waals surface area contributed by atoms with E-state index in [1.165, 1.54) is 0 Å². The normalized spacial score (nSPS) is 13.0. The molecule has 0 spiro atoms. The molecule has 0 unspecified atom stereocenters. The lowest BCUT2D eigenvalue weighted by atomic mass is 10.3. The molecule has 0 saturated carbocycles. The number of aryl methyl sites for hydroxylation is 2. The highest BCUT2D eigenvalue weighted by atomic mass is 31.0. The molecule has 1 aromatic heterocycles. The van der Waals surface area contributed by atoms with Crippen molar-refractivity contribution in [2.45, 2.75) is 53.1 Å². The molecule has 0 aliphatic carbocycles. The van der Waals surface area contributed by atoms with E-state index in [4.69, 9.17) is 0 Å². The van der Waals surface area contributed by atoms with Crippen LogP contribution in [0.2, 0.25) is 39.3 Å². The number of rotatable bonds is 2. The van der Waals surface area contributed by atoms with Gasteiger partial charge in [0.25, 0.3) is 0 Å².